The molecule has 0 aromatic carbocycles. The fourth-order valence-corrected chi connectivity index (χ4v) is 1.27. The lowest BCUT2D eigenvalue weighted by molar-refractivity contribution is 0.741. The number of hydrogen-bond acceptors (Lipinski definition) is 1. The molecule has 1 aliphatic carbocycles. The molecular formula is C5H9N. The van der Waals surface area contributed by atoms with Gasteiger partial charge in [-0.15, -0.1) is 0 Å². The molecule has 1 nitrogen and oxygen atoms in total. The van der Waals surface area contributed by atoms with Crippen LogP contribution in [0.15, 0.2) is 0 Å². The van der Waals surface area contributed by atoms with Crippen LogP contribution in [0.4, 0.5) is 0 Å². The Morgan fingerprint density at radius 2 is 2.50 bits per heavy atom. The molecule has 6 heavy (non-hydrogen) atoms. The third-order valence-electron chi connectivity index (χ3n) is 1.84. The first-order chi connectivity index (χ1) is 2.97. The van der Waals surface area contributed by atoms with Gasteiger partial charge < -0.3 is 5.32 Å². The standard InChI is InChI=1S/C5H9N/c1-2-6-5-3-4(1)5/h4-6H,1-3H2. The van der Waals surface area contributed by atoms with Crippen molar-refractivity contribution >= 4 is 0 Å². The van der Waals surface area contributed by atoms with E-state index < -0.39 is 0 Å². The zero-order valence-electron chi connectivity index (χ0n) is 3.78. The molecule has 1 saturated carbocycles. The number of piperidine rings is 1. The van der Waals surface area contributed by atoms with Gasteiger partial charge in [-0.25, -0.2) is 0 Å². The summed E-state index contributed by atoms with van der Waals surface area (Å²) in [6, 6.07) is 0.963. The molecule has 1 N–H and O–H groups in total. The highest BCUT2D eigenvalue weighted by Crippen LogP contribution is 2.37. The second-order valence-corrected chi connectivity index (χ2v) is 2.35. The fourth-order valence-electron chi connectivity index (χ4n) is 1.27. The minimum Gasteiger partial charge on any atom is -0.314 e. The van der Waals surface area contributed by atoms with Gasteiger partial charge in [0.25, 0.3) is 0 Å². The van der Waals surface area contributed by atoms with E-state index in [0.717, 1.165) is 12.0 Å². The van der Waals surface area contributed by atoms with Gasteiger partial charge in [-0.05, 0) is 25.3 Å². The molecule has 1 aliphatic heterocycles. The molecule has 0 radical (unpaired) electrons. The molecule has 0 aromatic rings. The van der Waals surface area contributed by atoms with Crippen LogP contribution in [0.1, 0.15) is 12.8 Å². The second kappa shape index (κ2) is 0.784. The quantitative estimate of drug-likeness (QED) is 0.446. The monoisotopic (exact) mass is 83.1 g/mol. The molecule has 2 aliphatic rings. The number of rotatable bonds is 0. The largest absolute Gasteiger partial charge is 0.314 e. The Morgan fingerprint density at radius 3 is 2.67 bits per heavy atom. The lowest BCUT2D eigenvalue weighted by Crippen LogP contribution is -2.10. The van der Waals surface area contributed by atoms with Gasteiger partial charge in [0.15, 0.2) is 0 Å². The molecular weight excluding hydrogens is 74.1 g/mol. The maximum atomic E-state index is 3.39. The summed E-state index contributed by atoms with van der Waals surface area (Å²) in [5, 5.41) is 3.39. The van der Waals surface area contributed by atoms with Gasteiger partial charge in [0.05, 0.1) is 0 Å². The summed E-state index contributed by atoms with van der Waals surface area (Å²) < 4.78 is 0. The van der Waals surface area contributed by atoms with E-state index in [1.807, 2.05) is 0 Å². The van der Waals surface area contributed by atoms with Crippen molar-refractivity contribution in [3.05, 3.63) is 0 Å². The Kier molecular flexibility index (Phi) is 0.396. The van der Waals surface area contributed by atoms with Gasteiger partial charge in [-0.3, -0.25) is 0 Å². The van der Waals surface area contributed by atoms with E-state index in [2.05, 4.69) is 5.32 Å². The van der Waals surface area contributed by atoms with Gasteiger partial charge in [0.1, 0.15) is 0 Å². The van der Waals surface area contributed by atoms with Crippen LogP contribution in [0, 0.1) is 5.92 Å². The topological polar surface area (TPSA) is 12.0 Å². The molecule has 2 fully saturated rings. The molecule has 0 amide bonds. The Morgan fingerprint density at radius 1 is 1.50 bits per heavy atom. The van der Waals surface area contributed by atoms with Crippen molar-refractivity contribution in [1.82, 2.24) is 5.32 Å². The third-order valence-corrected chi connectivity index (χ3v) is 1.84. The first kappa shape index (κ1) is 3.03. The Labute approximate surface area is 37.7 Å². The zero-order chi connectivity index (χ0) is 3.98. The van der Waals surface area contributed by atoms with Crippen LogP contribution in [-0.2, 0) is 0 Å². The summed E-state index contributed by atoms with van der Waals surface area (Å²) >= 11 is 0. The summed E-state index contributed by atoms with van der Waals surface area (Å²) in [7, 11) is 0. The highest BCUT2D eigenvalue weighted by molar-refractivity contribution is 4.98. The van der Waals surface area contributed by atoms with Crippen molar-refractivity contribution in [1.29, 1.82) is 0 Å². The van der Waals surface area contributed by atoms with Crippen molar-refractivity contribution in [2.45, 2.75) is 18.9 Å². The van der Waals surface area contributed by atoms with Gasteiger partial charge >= 0.3 is 0 Å². The lowest BCUT2D eigenvalue weighted by Gasteiger charge is -1.86. The molecule has 2 atom stereocenters. The predicted molar refractivity (Wildman–Crippen MR) is 24.5 cm³/mol. The van der Waals surface area contributed by atoms with Crippen LogP contribution < -0.4 is 5.32 Å². The van der Waals surface area contributed by atoms with Gasteiger partial charge in [0, 0.05) is 6.04 Å². The van der Waals surface area contributed by atoms with E-state index in [4.69, 9.17) is 0 Å². The minimum atomic E-state index is 0.963. The van der Waals surface area contributed by atoms with Gasteiger partial charge in [-0.2, -0.15) is 0 Å². The van der Waals surface area contributed by atoms with Crippen molar-refractivity contribution < 1.29 is 0 Å². The van der Waals surface area contributed by atoms with Crippen molar-refractivity contribution in [2.24, 2.45) is 5.92 Å². The molecule has 1 heterocycles. The molecule has 0 bridgehead atoms. The molecule has 34 valence electrons. The van der Waals surface area contributed by atoms with Crippen LogP contribution in [0.5, 0.6) is 0 Å². The van der Waals surface area contributed by atoms with E-state index in [1.54, 1.807) is 0 Å². The molecule has 0 aromatic heterocycles. The van der Waals surface area contributed by atoms with Crippen LogP contribution in [0.3, 0.4) is 0 Å². The summed E-state index contributed by atoms with van der Waals surface area (Å²) in [5.41, 5.74) is 0. The second-order valence-electron chi connectivity index (χ2n) is 2.35. The summed E-state index contributed by atoms with van der Waals surface area (Å²) in [5.74, 6) is 1.10. The summed E-state index contributed by atoms with van der Waals surface area (Å²) in [4.78, 5) is 0. The van der Waals surface area contributed by atoms with E-state index in [9.17, 15) is 0 Å². The van der Waals surface area contributed by atoms with E-state index >= 15 is 0 Å². The summed E-state index contributed by atoms with van der Waals surface area (Å²) in [6.45, 7) is 1.29. The number of nitrogens with one attached hydrogen (secondary N) is 1. The van der Waals surface area contributed by atoms with Crippen LogP contribution in [0.2, 0.25) is 0 Å². The molecule has 2 unspecified atom stereocenters. The van der Waals surface area contributed by atoms with Crippen molar-refractivity contribution in [3.8, 4) is 0 Å². The highest BCUT2D eigenvalue weighted by Gasteiger charge is 2.40. The molecule has 0 spiro atoms. The van der Waals surface area contributed by atoms with Gasteiger partial charge in [-0.1, -0.05) is 0 Å². The first-order valence-electron chi connectivity index (χ1n) is 2.70. The van der Waals surface area contributed by atoms with Crippen molar-refractivity contribution in [2.75, 3.05) is 6.54 Å². The molecule has 1 saturated heterocycles. The molecule has 1 heteroatoms. The highest BCUT2D eigenvalue weighted by atomic mass is 15.0. The average molecular weight is 83.1 g/mol. The first-order valence-corrected chi connectivity index (χ1v) is 2.70. The van der Waals surface area contributed by atoms with Crippen molar-refractivity contribution in [3.63, 3.8) is 0 Å². The molecule has 2 rings (SSSR count). The normalized spacial score (nSPS) is 52.0. The SMILES string of the molecule is C1CC2CC2N1. The number of hydrogen-bond donors (Lipinski definition) is 1. The smallest absolute Gasteiger partial charge is 0.00996 e. The number of fused-ring (bicyclic) bond motifs is 1. The average Bonchev–Trinajstić information content (AvgIpc) is 2.17. The Bertz CT molecular complexity index is 62.3. The minimum absolute atomic E-state index is 0.963. The third kappa shape index (κ3) is 0.243. The Hall–Kier alpha value is -0.0400. The van der Waals surface area contributed by atoms with Crippen LogP contribution in [0.25, 0.3) is 0 Å². The Balaban J connectivity index is 2.09. The van der Waals surface area contributed by atoms with Crippen LogP contribution >= 0.6 is 0 Å². The van der Waals surface area contributed by atoms with E-state index in [-0.39, 0.29) is 0 Å². The van der Waals surface area contributed by atoms with Crippen LogP contribution in [-0.4, -0.2) is 12.6 Å². The summed E-state index contributed by atoms with van der Waals surface area (Å²) in [6.07, 6.45) is 2.92. The lowest BCUT2D eigenvalue weighted by atomic mass is 10.3. The maximum absolute atomic E-state index is 3.39. The van der Waals surface area contributed by atoms with Gasteiger partial charge in [0.2, 0.25) is 0 Å². The zero-order valence-corrected chi connectivity index (χ0v) is 3.78. The van der Waals surface area contributed by atoms with E-state index in [1.165, 1.54) is 19.4 Å². The fraction of sp³-hybridized carbons (Fsp3) is 1.00. The maximum Gasteiger partial charge on any atom is 0.00996 e. The predicted octanol–water partition coefficient (Wildman–Crippen LogP) is 0.368. The van der Waals surface area contributed by atoms with E-state index in [0.29, 0.717) is 0 Å².